The number of likely N-dealkylation sites (N-methyl/N-ethyl adjacent to an activating group) is 1. The molecule has 5 aliphatic rings. The van der Waals surface area contributed by atoms with Gasteiger partial charge in [0.25, 0.3) is 0 Å². The fourth-order valence-electron chi connectivity index (χ4n) is 9.15. The van der Waals surface area contributed by atoms with Gasteiger partial charge in [-0.2, -0.15) is 0 Å². The van der Waals surface area contributed by atoms with E-state index in [1.54, 1.807) is 0 Å². The minimum Gasteiger partial charge on any atom is -0.465 e. The number of hydrogen-bond acceptors (Lipinski definition) is 8. The van der Waals surface area contributed by atoms with Crippen LogP contribution in [0.1, 0.15) is 142 Å². The highest BCUT2D eigenvalue weighted by molar-refractivity contribution is 5.70. The largest absolute Gasteiger partial charge is 0.508 e. The quantitative estimate of drug-likeness (QED) is 0.0455. The molecule has 2 unspecified atom stereocenters. The first-order chi connectivity index (χ1) is 23.8. The predicted octanol–water partition coefficient (Wildman–Crippen LogP) is 9.36. The normalized spacial score (nSPS) is 27.1. The highest BCUT2D eigenvalue weighted by Gasteiger charge is 2.51. The monoisotopic (exact) mass is 685 g/mol. The molecule has 0 amide bonds. The molecule has 0 aromatic heterocycles. The van der Waals surface area contributed by atoms with Crippen LogP contribution < -0.4 is 0 Å². The van der Waals surface area contributed by atoms with Crippen molar-refractivity contribution in [1.29, 1.82) is 0 Å². The Bertz CT molecular complexity index is 1020. The Morgan fingerprint density at radius 1 is 0.755 bits per heavy atom. The summed E-state index contributed by atoms with van der Waals surface area (Å²) in [5.41, 5.74) is 0.1000. The van der Waals surface area contributed by atoms with Gasteiger partial charge >= 0.3 is 18.1 Å². The van der Waals surface area contributed by atoms with Crippen molar-refractivity contribution >= 4 is 18.1 Å². The summed E-state index contributed by atoms with van der Waals surface area (Å²) in [5, 5.41) is 0. The van der Waals surface area contributed by atoms with Crippen molar-refractivity contribution in [2.75, 3.05) is 40.0 Å². The van der Waals surface area contributed by atoms with E-state index in [2.05, 4.69) is 36.1 Å². The molecule has 0 aromatic carbocycles. The number of allylic oxidation sites excluding steroid dienone is 4. The van der Waals surface area contributed by atoms with Gasteiger partial charge in [0.15, 0.2) is 0 Å². The summed E-state index contributed by atoms with van der Waals surface area (Å²) in [6.45, 7) is 3.99. The average Bonchev–Trinajstić information content (AvgIpc) is 3.05. The standard InChI is InChI=1S/C41H67NO7/c1-3-4-5-6-7-8-9-10-11-12-13-14-15-16-17-20-38(43)46-30-36(32-48-40(45)49-37-19-18-21-42(2)29-37)31-47-39(44)28-41-25-33-22-34(26-41)24-35(23-33)27-41/h7-8,10-11,33-37H,3-6,9,12-32H2,1-2H3/b8-7-,11-10-. The molecule has 1 aliphatic heterocycles. The lowest BCUT2D eigenvalue weighted by Crippen LogP contribution is -2.47. The van der Waals surface area contributed by atoms with E-state index < -0.39 is 12.1 Å². The molecule has 1 saturated heterocycles. The van der Waals surface area contributed by atoms with Crippen LogP contribution in [0.5, 0.6) is 0 Å². The zero-order valence-corrected chi connectivity index (χ0v) is 30.9. The molecule has 1 heterocycles. The summed E-state index contributed by atoms with van der Waals surface area (Å²) in [5.74, 6) is 1.44. The van der Waals surface area contributed by atoms with Crippen molar-refractivity contribution in [1.82, 2.24) is 4.90 Å². The fourth-order valence-corrected chi connectivity index (χ4v) is 9.15. The van der Waals surface area contributed by atoms with Gasteiger partial charge in [-0.25, -0.2) is 4.79 Å². The molecule has 8 heteroatoms. The van der Waals surface area contributed by atoms with E-state index in [1.165, 1.54) is 51.4 Å². The molecule has 0 spiro atoms. The van der Waals surface area contributed by atoms with Crippen molar-refractivity contribution in [3.63, 3.8) is 0 Å². The van der Waals surface area contributed by atoms with Crippen LogP contribution in [0, 0.1) is 29.1 Å². The van der Waals surface area contributed by atoms with Crippen molar-refractivity contribution in [3.05, 3.63) is 24.3 Å². The Morgan fingerprint density at radius 2 is 1.35 bits per heavy atom. The maximum atomic E-state index is 13.1. The maximum Gasteiger partial charge on any atom is 0.508 e. The predicted molar refractivity (Wildman–Crippen MR) is 193 cm³/mol. The number of unbranched alkanes of at least 4 members (excludes halogenated alkanes) is 8. The molecule has 2 atom stereocenters. The van der Waals surface area contributed by atoms with Gasteiger partial charge in [0.05, 0.1) is 12.3 Å². The van der Waals surface area contributed by atoms with Crippen LogP contribution in [0.3, 0.4) is 0 Å². The van der Waals surface area contributed by atoms with Gasteiger partial charge in [0.1, 0.15) is 25.9 Å². The topological polar surface area (TPSA) is 91.4 Å². The molecule has 4 aliphatic carbocycles. The van der Waals surface area contributed by atoms with E-state index in [0.29, 0.717) is 19.4 Å². The lowest BCUT2D eigenvalue weighted by atomic mass is 9.49. The van der Waals surface area contributed by atoms with Crippen molar-refractivity contribution < 1.29 is 33.3 Å². The van der Waals surface area contributed by atoms with Gasteiger partial charge in [-0.1, -0.05) is 63.3 Å². The van der Waals surface area contributed by atoms with E-state index in [1.807, 2.05) is 7.05 Å². The molecule has 5 fully saturated rings. The zero-order valence-electron chi connectivity index (χ0n) is 30.9. The Kier molecular flexibility index (Phi) is 17.5. The van der Waals surface area contributed by atoms with Gasteiger partial charge in [-0.3, -0.25) is 9.59 Å². The zero-order chi connectivity index (χ0) is 34.7. The Balaban J connectivity index is 1.11. The molecular weight excluding hydrogens is 618 g/mol. The number of rotatable bonds is 23. The third-order valence-corrected chi connectivity index (χ3v) is 11.3. The summed E-state index contributed by atoms with van der Waals surface area (Å²) in [7, 11) is 2.01. The number of likely N-dealkylation sites (tertiary alicyclic amines) is 1. The maximum absolute atomic E-state index is 13.1. The Labute approximate surface area is 297 Å². The minimum atomic E-state index is -0.721. The van der Waals surface area contributed by atoms with E-state index in [4.69, 9.17) is 18.9 Å². The van der Waals surface area contributed by atoms with Gasteiger partial charge in [-0.05, 0) is 127 Å². The molecule has 8 nitrogen and oxygen atoms in total. The lowest BCUT2D eigenvalue weighted by molar-refractivity contribution is -0.155. The summed E-state index contributed by atoms with van der Waals surface area (Å²) in [4.78, 5) is 40.3. The third-order valence-electron chi connectivity index (χ3n) is 11.3. The van der Waals surface area contributed by atoms with Crippen molar-refractivity contribution in [3.8, 4) is 0 Å². The first kappa shape index (κ1) is 39.4. The summed E-state index contributed by atoms with van der Waals surface area (Å²) < 4.78 is 22.4. The Hall–Kier alpha value is -2.35. The molecule has 0 radical (unpaired) electrons. The van der Waals surface area contributed by atoms with Gasteiger partial charge in [-0.15, -0.1) is 0 Å². The average molecular weight is 686 g/mol. The highest BCUT2D eigenvalue weighted by atomic mass is 16.7. The first-order valence-corrected chi connectivity index (χ1v) is 20.0. The van der Waals surface area contributed by atoms with Crippen LogP contribution in [-0.2, 0) is 28.5 Å². The molecule has 0 N–H and O–H groups in total. The van der Waals surface area contributed by atoms with Crippen LogP contribution in [0.15, 0.2) is 24.3 Å². The number of nitrogens with zero attached hydrogens (tertiary/aromatic N) is 1. The van der Waals surface area contributed by atoms with Crippen LogP contribution in [0.25, 0.3) is 0 Å². The summed E-state index contributed by atoms with van der Waals surface area (Å²) >= 11 is 0. The van der Waals surface area contributed by atoms with Crippen LogP contribution in [0.2, 0.25) is 0 Å². The number of ether oxygens (including phenoxy) is 4. The lowest BCUT2D eigenvalue weighted by Gasteiger charge is -2.56. The molecule has 0 aromatic rings. The first-order valence-electron chi connectivity index (χ1n) is 20.0. The van der Waals surface area contributed by atoms with E-state index in [9.17, 15) is 14.4 Å². The second kappa shape index (κ2) is 21.8. The number of esters is 2. The minimum absolute atomic E-state index is 0.0248. The number of piperidine rings is 1. The summed E-state index contributed by atoms with van der Waals surface area (Å²) in [6.07, 6.45) is 30.7. The van der Waals surface area contributed by atoms with E-state index >= 15 is 0 Å². The molecule has 4 bridgehead atoms. The molecular formula is C41H67NO7. The van der Waals surface area contributed by atoms with Crippen LogP contribution >= 0.6 is 0 Å². The number of carbonyl (C=O) groups is 3. The third kappa shape index (κ3) is 15.2. The van der Waals surface area contributed by atoms with E-state index in [0.717, 1.165) is 94.9 Å². The van der Waals surface area contributed by atoms with Gasteiger partial charge < -0.3 is 23.8 Å². The van der Waals surface area contributed by atoms with Gasteiger partial charge in [0.2, 0.25) is 0 Å². The molecule has 49 heavy (non-hydrogen) atoms. The fraction of sp³-hybridized carbons (Fsp3) is 0.829. The van der Waals surface area contributed by atoms with Gasteiger partial charge in [0, 0.05) is 13.0 Å². The summed E-state index contributed by atoms with van der Waals surface area (Å²) in [6, 6.07) is 0. The molecule has 5 rings (SSSR count). The molecule has 4 saturated carbocycles. The second-order valence-electron chi connectivity index (χ2n) is 16.0. The highest BCUT2D eigenvalue weighted by Crippen LogP contribution is 2.61. The second-order valence-corrected chi connectivity index (χ2v) is 16.0. The van der Waals surface area contributed by atoms with E-state index in [-0.39, 0.29) is 43.3 Å². The molecule has 278 valence electrons. The van der Waals surface area contributed by atoms with Crippen molar-refractivity contribution in [2.45, 2.75) is 148 Å². The van der Waals surface area contributed by atoms with Crippen LogP contribution in [0.4, 0.5) is 4.79 Å². The number of hydrogen-bond donors (Lipinski definition) is 0. The van der Waals surface area contributed by atoms with Crippen LogP contribution in [-0.4, -0.2) is 69.1 Å². The number of carbonyl (C=O) groups excluding carboxylic acids is 3. The smallest absolute Gasteiger partial charge is 0.465 e. The Morgan fingerprint density at radius 3 is 2.00 bits per heavy atom. The SMILES string of the molecule is CCCCC/C=C\C/C=C\CCCCCCCC(=O)OCC(COC(=O)CC12CC3CC(CC(C3)C1)C2)COC(=O)OC1CCCN(C)C1. The van der Waals surface area contributed by atoms with Crippen molar-refractivity contribution in [2.24, 2.45) is 29.1 Å².